The average molecular weight is 210 g/mol. The molecule has 0 saturated carbocycles. The summed E-state index contributed by atoms with van der Waals surface area (Å²) in [6, 6.07) is 5.35. The van der Waals surface area contributed by atoms with Crippen LogP contribution < -0.4 is 0 Å². The number of hydrogen-bond acceptors (Lipinski definition) is 5. The maximum Gasteiger partial charge on any atom is 0.101 e. The van der Waals surface area contributed by atoms with Crippen LogP contribution in [-0.2, 0) is 0 Å². The van der Waals surface area contributed by atoms with Crippen LogP contribution in [0.4, 0.5) is 0 Å². The summed E-state index contributed by atoms with van der Waals surface area (Å²) in [6.45, 7) is -0.247. The summed E-state index contributed by atoms with van der Waals surface area (Å²) in [5.41, 5.74) is 0.511. The van der Waals surface area contributed by atoms with Crippen molar-refractivity contribution in [2.45, 2.75) is 11.1 Å². The molecule has 1 atom stereocenters. The summed E-state index contributed by atoms with van der Waals surface area (Å²) < 4.78 is 0. The molecule has 4 nitrogen and oxygen atoms in total. The molecule has 0 bridgehead atoms. The Morgan fingerprint density at radius 1 is 1.57 bits per heavy atom. The number of nitrogens with zero attached hydrogens (tertiary/aromatic N) is 2. The van der Waals surface area contributed by atoms with Gasteiger partial charge in [0.05, 0.1) is 23.3 Å². The van der Waals surface area contributed by atoms with E-state index in [2.05, 4.69) is 4.98 Å². The molecule has 1 aromatic rings. The third-order valence-electron chi connectivity index (χ3n) is 1.50. The first-order valence-corrected chi connectivity index (χ1v) is 5.02. The highest BCUT2D eigenvalue weighted by Gasteiger charge is 2.03. The second-order valence-electron chi connectivity index (χ2n) is 2.64. The molecule has 0 aliphatic rings. The van der Waals surface area contributed by atoms with Crippen molar-refractivity contribution in [1.82, 2.24) is 4.98 Å². The lowest BCUT2D eigenvalue weighted by atomic mass is 10.3. The average Bonchev–Trinajstić information content (AvgIpc) is 2.26. The molecule has 0 saturated heterocycles. The topological polar surface area (TPSA) is 77.1 Å². The van der Waals surface area contributed by atoms with E-state index in [4.69, 9.17) is 15.5 Å². The Hall–Kier alpha value is -1.09. The first-order valence-electron chi connectivity index (χ1n) is 4.04. The largest absolute Gasteiger partial charge is 0.394 e. The molecule has 0 amide bonds. The molecule has 74 valence electrons. The van der Waals surface area contributed by atoms with Gasteiger partial charge in [0.15, 0.2) is 0 Å². The summed E-state index contributed by atoms with van der Waals surface area (Å²) in [7, 11) is 0. The van der Waals surface area contributed by atoms with Crippen molar-refractivity contribution in [3.63, 3.8) is 0 Å². The summed E-state index contributed by atoms with van der Waals surface area (Å²) in [5.74, 6) is 0.398. The van der Waals surface area contributed by atoms with Crippen molar-refractivity contribution in [3.8, 4) is 6.07 Å². The Kier molecular flexibility index (Phi) is 4.40. The van der Waals surface area contributed by atoms with E-state index in [9.17, 15) is 0 Å². The number of pyridine rings is 1. The highest BCUT2D eigenvalue weighted by atomic mass is 32.2. The van der Waals surface area contributed by atoms with E-state index in [1.54, 1.807) is 12.1 Å². The number of thioether (sulfide) groups is 1. The molecule has 5 heteroatoms. The maximum absolute atomic E-state index is 9.07. The van der Waals surface area contributed by atoms with Gasteiger partial charge in [-0.15, -0.1) is 11.8 Å². The number of aliphatic hydroxyl groups is 2. The lowest BCUT2D eigenvalue weighted by Gasteiger charge is -2.05. The first-order chi connectivity index (χ1) is 6.76. The molecule has 0 unspecified atom stereocenters. The number of hydrogen-bond donors (Lipinski definition) is 2. The van der Waals surface area contributed by atoms with Crippen molar-refractivity contribution in [2.24, 2.45) is 0 Å². The third-order valence-corrected chi connectivity index (χ3v) is 2.59. The van der Waals surface area contributed by atoms with Crippen molar-refractivity contribution in [3.05, 3.63) is 23.9 Å². The molecule has 0 fully saturated rings. The molecule has 0 aromatic carbocycles. The minimum absolute atomic E-state index is 0.247. The van der Waals surface area contributed by atoms with Gasteiger partial charge in [-0.05, 0) is 12.1 Å². The van der Waals surface area contributed by atoms with Crippen LogP contribution >= 0.6 is 11.8 Å². The smallest absolute Gasteiger partial charge is 0.101 e. The van der Waals surface area contributed by atoms with Crippen molar-refractivity contribution < 1.29 is 10.2 Å². The van der Waals surface area contributed by atoms with Gasteiger partial charge in [-0.3, -0.25) is 0 Å². The summed E-state index contributed by atoms with van der Waals surface area (Å²) in [4.78, 5) is 4.00. The number of nitriles is 1. The highest BCUT2D eigenvalue weighted by molar-refractivity contribution is 7.99. The fourth-order valence-electron chi connectivity index (χ4n) is 0.766. The van der Waals surface area contributed by atoms with E-state index >= 15 is 0 Å². The van der Waals surface area contributed by atoms with Crippen LogP contribution in [0, 0.1) is 11.3 Å². The van der Waals surface area contributed by atoms with Crippen molar-refractivity contribution >= 4 is 11.8 Å². The van der Waals surface area contributed by atoms with Crippen molar-refractivity contribution in [2.75, 3.05) is 12.4 Å². The van der Waals surface area contributed by atoms with Gasteiger partial charge in [-0.2, -0.15) is 5.26 Å². The van der Waals surface area contributed by atoms with Crippen LogP contribution in [0.25, 0.3) is 0 Å². The molecule has 0 aliphatic carbocycles. The van der Waals surface area contributed by atoms with E-state index < -0.39 is 6.10 Å². The molecular weight excluding hydrogens is 200 g/mol. The normalized spacial score (nSPS) is 12.1. The van der Waals surface area contributed by atoms with Crippen LogP contribution in [0.1, 0.15) is 5.56 Å². The summed E-state index contributed by atoms with van der Waals surface area (Å²) in [5, 5.41) is 26.9. The lowest BCUT2D eigenvalue weighted by molar-refractivity contribution is 0.113. The van der Waals surface area contributed by atoms with Crippen LogP contribution in [0.5, 0.6) is 0 Å². The minimum Gasteiger partial charge on any atom is -0.394 e. The predicted octanol–water partition coefficient (Wildman–Crippen LogP) is 0.399. The van der Waals surface area contributed by atoms with E-state index in [1.165, 1.54) is 18.0 Å². The molecule has 1 heterocycles. The van der Waals surface area contributed by atoms with Gasteiger partial charge in [-0.1, -0.05) is 0 Å². The van der Waals surface area contributed by atoms with Crippen LogP contribution in [-0.4, -0.2) is 33.7 Å². The number of aliphatic hydroxyl groups excluding tert-OH is 2. The van der Waals surface area contributed by atoms with Gasteiger partial charge in [0, 0.05) is 11.9 Å². The van der Waals surface area contributed by atoms with Gasteiger partial charge in [-0.25, -0.2) is 4.98 Å². The zero-order valence-corrected chi connectivity index (χ0v) is 8.24. The standard InChI is InChI=1S/C9H10N2O2S/c10-3-7-1-2-9(11-4-7)14-6-8(13)5-12/h1-2,4,8,12-13H,5-6H2/t8-/m1/s1. The Bertz CT molecular complexity index is 321. The molecule has 0 aliphatic heterocycles. The molecule has 2 N–H and O–H groups in total. The zero-order chi connectivity index (χ0) is 10.4. The molecule has 14 heavy (non-hydrogen) atoms. The Labute approximate surface area is 86.2 Å². The summed E-state index contributed by atoms with van der Waals surface area (Å²) in [6.07, 6.45) is 0.755. The Morgan fingerprint density at radius 3 is 2.86 bits per heavy atom. The molecule has 0 spiro atoms. The van der Waals surface area contributed by atoms with Gasteiger partial charge < -0.3 is 10.2 Å². The quantitative estimate of drug-likeness (QED) is 0.703. The number of aromatic nitrogens is 1. The van der Waals surface area contributed by atoms with Crippen molar-refractivity contribution in [1.29, 1.82) is 5.26 Å². The Balaban J connectivity index is 2.49. The number of rotatable bonds is 4. The van der Waals surface area contributed by atoms with E-state index in [1.807, 2.05) is 6.07 Å². The fraction of sp³-hybridized carbons (Fsp3) is 0.333. The second-order valence-corrected chi connectivity index (χ2v) is 3.68. The predicted molar refractivity (Wildman–Crippen MR) is 52.8 cm³/mol. The van der Waals surface area contributed by atoms with E-state index in [0.717, 1.165) is 5.03 Å². The second kappa shape index (κ2) is 5.60. The van der Waals surface area contributed by atoms with Gasteiger partial charge in [0.2, 0.25) is 0 Å². The molecule has 0 radical (unpaired) electrons. The van der Waals surface area contributed by atoms with Crippen LogP contribution in [0.2, 0.25) is 0 Å². The van der Waals surface area contributed by atoms with E-state index in [0.29, 0.717) is 11.3 Å². The maximum atomic E-state index is 9.07. The monoisotopic (exact) mass is 210 g/mol. The zero-order valence-electron chi connectivity index (χ0n) is 7.42. The van der Waals surface area contributed by atoms with Crippen LogP contribution in [0.3, 0.4) is 0 Å². The van der Waals surface area contributed by atoms with Gasteiger partial charge in [0.1, 0.15) is 6.07 Å². The fourth-order valence-corrected chi connectivity index (χ4v) is 1.53. The first kappa shape index (κ1) is 11.0. The van der Waals surface area contributed by atoms with Gasteiger partial charge in [0.25, 0.3) is 0 Å². The Morgan fingerprint density at radius 2 is 2.36 bits per heavy atom. The molecule has 1 aromatic heterocycles. The summed E-state index contributed by atoms with van der Waals surface area (Å²) >= 11 is 1.34. The highest BCUT2D eigenvalue weighted by Crippen LogP contribution is 2.15. The van der Waals surface area contributed by atoms with Crippen LogP contribution in [0.15, 0.2) is 23.4 Å². The third kappa shape index (κ3) is 3.34. The molecular formula is C9H10N2O2S. The van der Waals surface area contributed by atoms with E-state index in [-0.39, 0.29) is 6.61 Å². The van der Waals surface area contributed by atoms with Gasteiger partial charge >= 0.3 is 0 Å². The SMILES string of the molecule is N#Cc1ccc(SC[C@H](O)CO)nc1. The lowest BCUT2D eigenvalue weighted by Crippen LogP contribution is -2.14. The minimum atomic E-state index is -0.725. The molecule has 1 rings (SSSR count).